The lowest BCUT2D eigenvalue weighted by Gasteiger charge is -2.14. The van der Waals surface area contributed by atoms with Crippen LogP contribution in [0.1, 0.15) is 18.5 Å². The highest BCUT2D eigenvalue weighted by atomic mass is 16.2. The standard InChI is InChI=1S/C11H18N6O2/c12-5-10(18)13-6-9-7-17(15-14-9)8-11(19)16-3-1-2-4-16/h7H,1-6,8,12H2,(H,13,18). The van der Waals surface area contributed by atoms with E-state index in [1.54, 1.807) is 6.20 Å². The summed E-state index contributed by atoms with van der Waals surface area (Å²) >= 11 is 0. The maximum Gasteiger partial charge on any atom is 0.244 e. The van der Waals surface area contributed by atoms with Crippen molar-refractivity contribution in [2.24, 2.45) is 5.73 Å². The Morgan fingerprint density at radius 2 is 2.11 bits per heavy atom. The number of rotatable bonds is 5. The van der Waals surface area contributed by atoms with E-state index in [0.29, 0.717) is 5.69 Å². The number of amides is 2. The number of likely N-dealkylation sites (tertiary alicyclic amines) is 1. The summed E-state index contributed by atoms with van der Waals surface area (Å²) in [6, 6.07) is 0. The lowest BCUT2D eigenvalue weighted by atomic mass is 10.4. The molecule has 0 radical (unpaired) electrons. The van der Waals surface area contributed by atoms with E-state index >= 15 is 0 Å². The molecule has 0 aromatic carbocycles. The van der Waals surface area contributed by atoms with Crippen LogP contribution < -0.4 is 11.1 Å². The van der Waals surface area contributed by atoms with Crippen LogP contribution in [0, 0.1) is 0 Å². The first-order valence-corrected chi connectivity index (χ1v) is 6.32. The summed E-state index contributed by atoms with van der Waals surface area (Å²) in [6.45, 7) is 2.06. The Kier molecular flexibility index (Phi) is 4.45. The second-order valence-electron chi connectivity index (χ2n) is 4.48. The Labute approximate surface area is 110 Å². The maximum atomic E-state index is 11.9. The average Bonchev–Trinajstić information content (AvgIpc) is 3.07. The van der Waals surface area contributed by atoms with E-state index in [1.165, 1.54) is 4.68 Å². The molecule has 0 unspecified atom stereocenters. The fourth-order valence-corrected chi connectivity index (χ4v) is 1.96. The first kappa shape index (κ1) is 13.5. The number of carbonyl (C=O) groups is 2. The molecule has 2 rings (SSSR count). The lowest BCUT2D eigenvalue weighted by molar-refractivity contribution is -0.131. The first-order valence-electron chi connectivity index (χ1n) is 6.32. The third-order valence-corrected chi connectivity index (χ3v) is 2.99. The normalized spacial score (nSPS) is 14.7. The SMILES string of the molecule is NCC(=O)NCc1cn(CC(=O)N2CCCC2)nn1. The van der Waals surface area contributed by atoms with E-state index in [0.717, 1.165) is 25.9 Å². The highest BCUT2D eigenvalue weighted by Gasteiger charge is 2.18. The molecule has 0 atom stereocenters. The second kappa shape index (κ2) is 6.28. The minimum atomic E-state index is -0.248. The van der Waals surface area contributed by atoms with Gasteiger partial charge in [-0.3, -0.25) is 9.59 Å². The fourth-order valence-electron chi connectivity index (χ4n) is 1.96. The smallest absolute Gasteiger partial charge is 0.244 e. The van der Waals surface area contributed by atoms with Crippen molar-refractivity contribution in [1.82, 2.24) is 25.2 Å². The minimum absolute atomic E-state index is 0.0540. The van der Waals surface area contributed by atoms with Gasteiger partial charge in [0.1, 0.15) is 12.2 Å². The van der Waals surface area contributed by atoms with Gasteiger partial charge in [-0.1, -0.05) is 5.21 Å². The van der Waals surface area contributed by atoms with Gasteiger partial charge in [-0.25, -0.2) is 4.68 Å². The van der Waals surface area contributed by atoms with E-state index in [-0.39, 0.29) is 31.4 Å². The summed E-state index contributed by atoms with van der Waals surface area (Å²) < 4.78 is 1.49. The minimum Gasteiger partial charge on any atom is -0.349 e. The van der Waals surface area contributed by atoms with Crippen molar-refractivity contribution >= 4 is 11.8 Å². The van der Waals surface area contributed by atoms with Crippen LogP contribution in [0.15, 0.2) is 6.20 Å². The molecule has 0 bridgehead atoms. The molecule has 1 aliphatic rings. The number of aromatic nitrogens is 3. The van der Waals surface area contributed by atoms with Gasteiger partial charge in [-0.05, 0) is 12.8 Å². The fraction of sp³-hybridized carbons (Fsp3) is 0.636. The number of nitrogens with two attached hydrogens (primary N) is 1. The maximum absolute atomic E-state index is 11.9. The molecule has 0 spiro atoms. The molecule has 104 valence electrons. The predicted molar refractivity (Wildman–Crippen MR) is 66.7 cm³/mol. The lowest BCUT2D eigenvalue weighted by Crippen LogP contribution is -2.31. The topological polar surface area (TPSA) is 106 Å². The zero-order valence-corrected chi connectivity index (χ0v) is 10.7. The molecule has 3 N–H and O–H groups in total. The molecule has 1 saturated heterocycles. The van der Waals surface area contributed by atoms with Crippen LogP contribution in [0.3, 0.4) is 0 Å². The predicted octanol–water partition coefficient (Wildman–Crippen LogP) is -1.52. The van der Waals surface area contributed by atoms with Crippen LogP contribution in [-0.4, -0.2) is 51.3 Å². The molecule has 1 fully saturated rings. The van der Waals surface area contributed by atoms with Crippen LogP contribution in [0.5, 0.6) is 0 Å². The van der Waals surface area contributed by atoms with E-state index in [4.69, 9.17) is 5.73 Å². The number of carbonyl (C=O) groups excluding carboxylic acids is 2. The van der Waals surface area contributed by atoms with Gasteiger partial charge in [0.15, 0.2) is 0 Å². The molecule has 0 aliphatic carbocycles. The van der Waals surface area contributed by atoms with E-state index in [9.17, 15) is 9.59 Å². The van der Waals surface area contributed by atoms with E-state index in [1.807, 2.05) is 4.90 Å². The highest BCUT2D eigenvalue weighted by Crippen LogP contribution is 2.08. The van der Waals surface area contributed by atoms with Crippen molar-refractivity contribution in [1.29, 1.82) is 0 Å². The van der Waals surface area contributed by atoms with Gasteiger partial charge >= 0.3 is 0 Å². The third-order valence-electron chi connectivity index (χ3n) is 2.99. The molecule has 1 aromatic rings. The van der Waals surface area contributed by atoms with Crippen molar-refractivity contribution in [3.63, 3.8) is 0 Å². The Hall–Kier alpha value is -1.96. The summed E-state index contributed by atoms with van der Waals surface area (Å²) in [7, 11) is 0. The van der Waals surface area contributed by atoms with Crippen LogP contribution in [-0.2, 0) is 22.7 Å². The van der Waals surface area contributed by atoms with Crippen molar-refractivity contribution in [3.8, 4) is 0 Å². The largest absolute Gasteiger partial charge is 0.349 e. The summed E-state index contributed by atoms with van der Waals surface area (Å²) in [5.74, 6) is -0.192. The molecule has 19 heavy (non-hydrogen) atoms. The Morgan fingerprint density at radius 1 is 1.37 bits per heavy atom. The van der Waals surface area contributed by atoms with E-state index in [2.05, 4.69) is 15.6 Å². The quantitative estimate of drug-likeness (QED) is 0.673. The number of hydrogen-bond donors (Lipinski definition) is 2. The van der Waals surface area contributed by atoms with Gasteiger partial charge < -0.3 is 16.0 Å². The van der Waals surface area contributed by atoms with Crippen molar-refractivity contribution in [2.75, 3.05) is 19.6 Å². The molecule has 2 heterocycles. The van der Waals surface area contributed by atoms with Gasteiger partial charge in [-0.2, -0.15) is 0 Å². The summed E-state index contributed by atoms with van der Waals surface area (Å²) in [5.41, 5.74) is 5.78. The van der Waals surface area contributed by atoms with Crippen molar-refractivity contribution in [3.05, 3.63) is 11.9 Å². The molecule has 1 aliphatic heterocycles. The Bertz CT molecular complexity index is 452. The number of hydrogen-bond acceptors (Lipinski definition) is 5. The molecule has 8 heteroatoms. The van der Waals surface area contributed by atoms with Crippen LogP contribution in [0.4, 0.5) is 0 Å². The van der Waals surface area contributed by atoms with E-state index < -0.39 is 0 Å². The molecular weight excluding hydrogens is 248 g/mol. The van der Waals surface area contributed by atoms with Crippen molar-refractivity contribution in [2.45, 2.75) is 25.9 Å². The van der Waals surface area contributed by atoms with Gasteiger partial charge in [0.25, 0.3) is 0 Å². The first-order chi connectivity index (χ1) is 9.19. The molecular formula is C11H18N6O2. The highest BCUT2D eigenvalue weighted by molar-refractivity contribution is 5.77. The van der Waals surface area contributed by atoms with Crippen molar-refractivity contribution < 1.29 is 9.59 Å². The monoisotopic (exact) mass is 266 g/mol. The zero-order chi connectivity index (χ0) is 13.7. The van der Waals surface area contributed by atoms with Gasteiger partial charge in [0.05, 0.1) is 19.3 Å². The Morgan fingerprint density at radius 3 is 2.79 bits per heavy atom. The summed E-state index contributed by atoms with van der Waals surface area (Å²) in [4.78, 5) is 24.7. The zero-order valence-electron chi connectivity index (χ0n) is 10.7. The van der Waals surface area contributed by atoms with Crippen LogP contribution in [0.25, 0.3) is 0 Å². The molecule has 8 nitrogen and oxygen atoms in total. The Balaban J connectivity index is 1.83. The molecule has 0 saturated carbocycles. The second-order valence-corrected chi connectivity index (χ2v) is 4.48. The van der Waals surface area contributed by atoms with Gasteiger partial charge in [0.2, 0.25) is 11.8 Å². The molecule has 2 amide bonds. The summed E-state index contributed by atoms with van der Waals surface area (Å²) in [5, 5.41) is 10.4. The molecule has 1 aromatic heterocycles. The number of nitrogens with one attached hydrogen (secondary N) is 1. The number of nitrogens with zero attached hydrogens (tertiary/aromatic N) is 4. The van der Waals surface area contributed by atoms with Crippen LogP contribution >= 0.6 is 0 Å². The third kappa shape index (κ3) is 3.75. The van der Waals surface area contributed by atoms with Crippen LogP contribution in [0.2, 0.25) is 0 Å². The van der Waals surface area contributed by atoms with Gasteiger partial charge in [0, 0.05) is 13.1 Å². The summed E-state index contributed by atoms with van der Waals surface area (Å²) in [6.07, 6.45) is 3.80. The average molecular weight is 266 g/mol. The van der Waals surface area contributed by atoms with Gasteiger partial charge in [-0.15, -0.1) is 5.10 Å².